The van der Waals surface area contributed by atoms with E-state index in [1.54, 1.807) is 0 Å². The van der Waals surface area contributed by atoms with Gasteiger partial charge in [-0.25, -0.2) is 0 Å². The van der Waals surface area contributed by atoms with Crippen LogP contribution in [0.5, 0.6) is 0 Å². The first-order valence-electron chi connectivity index (χ1n) is 6.52. The molecule has 1 aliphatic rings. The first-order valence-corrected chi connectivity index (χ1v) is 6.52. The van der Waals surface area contributed by atoms with E-state index >= 15 is 0 Å². The number of fused-ring (bicyclic) bond motifs is 1. The fourth-order valence-corrected chi connectivity index (χ4v) is 2.23. The lowest BCUT2D eigenvalue weighted by Crippen LogP contribution is -2.32. The zero-order chi connectivity index (χ0) is 11.9. The van der Waals surface area contributed by atoms with E-state index in [0.29, 0.717) is 0 Å². The molecule has 94 valence electrons. The van der Waals surface area contributed by atoms with Gasteiger partial charge in [-0.2, -0.15) is 0 Å². The second-order valence-corrected chi connectivity index (χ2v) is 4.37. The molecule has 0 saturated heterocycles. The van der Waals surface area contributed by atoms with Crippen molar-refractivity contribution in [2.45, 2.75) is 19.4 Å². The van der Waals surface area contributed by atoms with Crippen LogP contribution in [0, 0.1) is 0 Å². The van der Waals surface area contributed by atoms with Gasteiger partial charge in [0.05, 0.1) is 12.7 Å². The van der Waals surface area contributed by atoms with E-state index < -0.39 is 0 Å². The molecule has 17 heavy (non-hydrogen) atoms. The molecule has 1 heterocycles. The summed E-state index contributed by atoms with van der Waals surface area (Å²) in [6, 6.07) is 8.60. The van der Waals surface area contributed by atoms with Crippen LogP contribution in [0.25, 0.3) is 0 Å². The molecule has 0 aliphatic carbocycles. The van der Waals surface area contributed by atoms with Gasteiger partial charge in [0.25, 0.3) is 0 Å². The van der Waals surface area contributed by atoms with Crippen LogP contribution in [0.2, 0.25) is 0 Å². The van der Waals surface area contributed by atoms with E-state index in [2.05, 4.69) is 41.8 Å². The molecule has 2 rings (SSSR count). The van der Waals surface area contributed by atoms with Crippen LogP contribution in [-0.2, 0) is 11.2 Å². The first kappa shape index (κ1) is 12.6. The van der Waals surface area contributed by atoms with Crippen molar-refractivity contribution in [3.05, 3.63) is 35.4 Å². The molecule has 0 saturated carbocycles. The van der Waals surface area contributed by atoms with E-state index in [0.717, 1.165) is 39.2 Å². The number of hydrogen-bond acceptors (Lipinski definition) is 3. The summed E-state index contributed by atoms with van der Waals surface area (Å²) >= 11 is 0. The molecule has 2 N–H and O–H groups in total. The molecular weight excluding hydrogens is 212 g/mol. The highest BCUT2D eigenvalue weighted by Gasteiger charge is 2.19. The Balaban J connectivity index is 1.82. The molecule has 3 nitrogen and oxygen atoms in total. The van der Waals surface area contributed by atoms with Gasteiger partial charge in [0.15, 0.2) is 0 Å². The quantitative estimate of drug-likeness (QED) is 0.732. The highest BCUT2D eigenvalue weighted by atomic mass is 16.5. The Kier molecular flexibility index (Phi) is 4.98. The first-order chi connectivity index (χ1) is 8.42. The molecule has 0 fully saturated rings. The van der Waals surface area contributed by atoms with Crippen LogP contribution in [0.15, 0.2) is 24.3 Å². The fourth-order valence-electron chi connectivity index (χ4n) is 2.23. The molecule has 1 aromatic rings. The molecule has 1 aromatic carbocycles. The Hall–Kier alpha value is -0.900. The summed E-state index contributed by atoms with van der Waals surface area (Å²) in [6.45, 7) is 6.92. The summed E-state index contributed by atoms with van der Waals surface area (Å²) in [7, 11) is 0. The summed E-state index contributed by atoms with van der Waals surface area (Å²) in [6.07, 6.45) is 1.27. The summed E-state index contributed by atoms with van der Waals surface area (Å²) < 4.78 is 5.83. The second kappa shape index (κ2) is 6.74. The zero-order valence-electron chi connectivity index (χ0n) is 10.5. The molecule has 0 spiro atoms. The van der Waals surface area contributed by atoms with Crippen molar-refractivity contribution in [1.29, 1.82) is 0 Å². The Morgan fingerprint density at radius 2 is 2.06 bits per heavy atom. The zero-order valence-corrected chi connectivity index (χ0v) is 10.5. The smallest absolute Gasteiger partial charge is 0.0952 e. The predicted molar refractivity (Wildman–Crippen MR) is 70.3 cm³/mol. The van der Waals surface area contributed by atoms with E-state index in [9.17, 15) is 0 Å². The largest absolute Gasteiger partial charge is 0.372 e. The minimum atomic E-state index is 0.224. The minimum Gasteiger partial charge on any atom is -0.372 e. The van der Waals surface area contributed by atoms with Crippen molar-refractivity contribution in [2.75, 3.05) is 32.8 Å². The molecular formula is C14H22N2O. The topological polar surface area (TPSA) is 33.3 Å². The van der Waals surface area contributed by atoms with Crippen molar-refractivity contribution >= 4 is 0 Å². The van der Waals surface area contributed by atoms with Crippen molar-refractivity contribution in [1.82, 2.24) is 10.6 Å². The van der Waals surface area contributed by atoms with Crippen LogP contribution in [0.4, 0.5) is 0 Å². The lowest BCUT2D eigenvalue weighted by atomic mass is 9.97. The number of ether oxygens (including phenoxy) is 1. The predicted octanol–water partition coefficient (Wildman–Crippen LogP) is 1.50. The van der Waals surface area contributed by atoms with Gasteiger partial charge in [0.1, 0.15) is 0 Å². The Labute approximate surface area is 104 Å². The van der Waals surface area contributed by atoms with Crippen LogP contribution in [-0.4, -0.2) is 32.8 Å². The third-order valence-corrected chi connectivity index (χ3v) is 3.15. The van der Waals surface area contributed by atoms with E-state index in [1.807, 2.05) is 0 Å². The van der Waals surface area contributed by atoms with Gasteiger partial charge in [-0.05, 0) is 24.1 Å². The van der Waals surface area contributed by atoms with E-state index in [-0.39, 0.29) is 6.10 Å². The van der Waals surface area contributed by atoms with Crippen LogP contribution < -0.4 is 10.6 Å². The van der Waals surface area contributed by atoms with Crippen molar-refractivity contribution in [3.63, 3.8) is 0 Å². The van der Waals surface area contributed by atoms with Gasteiger partial charge >= 0.3 is 0 Å². The van der Waals surface area contributed by atoms with Crippen LogP contribution >= 0.6 is 0 Å². The summed E-state index contributed by atoms with van der Waals surface area (Å²) in [4.78, 5) is 0. The van der Waals surface area contributed by atoms with Crippen molar-refractivity contribution in [2.24, 2.45) is 0 Å². The molecule has 0 aromatic heterocycles. The second-order valence-electron chi connectivity index (χ2n) is 4.37. The standard InChI is InChI=1S/C14H22N2O/c1-2-15-8-9-16-11-14-13-6-4-3-5-12(13)7-10-17-14/h3-6,14-16H,2,7-11H2,1H3. The molecule has 0 amide bonds. The minimum absolute atomic E-state index is 0.224. The molecule has 0 bridgehead atoms. The lowest BCUT2D eigenvalue weighted by molar-refractivity contribution is 0.0427. The maximum Gasteiger partial charge on any atom is 0.0952 e. The van der Waals surface area contributed by atoms with Crippen LogP contribution in [0.1, 0.15) is 24.2 Å². The number of nitrogens with one attached hydrogen (secondary N) is 2. The third-order valence-electron chi connectivity index (χ3n) is 3.15. The number of rotatable bonds is 6. The Morgan fingerprint density at radius 1 is 1.24 bits per heavy atom. The Bertz CT molecular complexity index is 341. The molecule has 3 heteroatoms. The lowest BCUT2D eigenvalue weighted by Gasteiger charge is -2.26. The van der Waals surface area contributed by atoms with Gasteiger partial charge in [0.2, 0.25) is 0 Å². The van der Waals surface area contributed by atoms with Gasteiger partial charge < -0.3 is 15.4 Å². The van der Waals surface area contributed by atoms with E-state index in [4.69, 9.17) is 4.74 Å². The SMILES string of the molecule is CCNCCNCC1OCCc2ccccc21. The monoisotopic (exact) mass is 234 g/mol. The maximum atomic E-state index is 5.83. The van der Waals surface area contributed by atoms with Crippen molar-refractivity contribution < 1.29 is 4.74 Å². The molecule has 0 radical (unpaired) electrons. The van der Waals surface area contributed by atoms with Gasteiger partial charge in [-0.3, -0.25) is 0 Å². The average Bonchev–Trinajstić information content (AvgIpc) is 2.39. The number of likely N-dealkylation sites (N-methyl/N-ethyl adjacent to an activating group) is 1. The van der Waals surface area contributed by atoms with E-state index in [1.165, 1.54) is 11.1 Å². The summed E-state index contributed by atoms with van der Waals surface area (Å²) in [5.74, 6) is 0. The van der Waals surface area contributed by atoms with Crippen molar-refractivity contribution in [3.8, 4) is 0 Å². The summed E-state index contributed by atoms with van der Waals surface area (Å²) in [5, 5.41) is 6.75. The number of hydrogen-bond donors (Lipinski definition) is 2. The van der Waals surface area contributed by atoms with Gasteiger partial charge in [-0.15, -0.1) is 0 Å². The normalized spacial score (nSPS) is 19.0. The van der Waals surface area contributed by atoms with Gasteiger partial charge in [0, 0.05) is 19.6 Å². The fraction of sp³-hybridized carbons (Fsp3) is 0.571. The average molecular weight is 234 g/mol. The Morgan fingerprint density at radius 3 is 2.94 bits per heavy atom. The molecule has 1 aliphatic heterocycles. The summed E-state index contributed by atoms with van der Waals surface area (Å²) in [5.41, 5.74) is 2.80. The highest BCUT2D eigenvalue weighted by molar-refractivity contribution is 5.31. The van der Waals surface area contributed by atoms with Crippen LogP contribution in [0.3, 0.4) is 0 Å². The molecule has 1 atom stereocenters. The third kappa shape index (κ3) is 3.53. The highest BCUT2D eigenvalue weighted by Crippen LogP contribution is 2.25. The molecule has 1 unspecified atom stereocenters. The maximum absolute atomic E-state index is 5.83. The van der Waals surface area contributed by atoms with Gasteiger partial charge in [-0.1, -0.05) is 31.2 Å². The number of benzene rings is 1.